The van der Waals surface area contributed by atoms with Gasteiger partial charge in [-0.05, 0) is 37.6 Å². The fourth-order valence-electron chi connectivity index (χ4n) is 4.73. The van der Waals surface area contributed by atoms with E-state index in [0.717, 1.165) is 56.5 Å². The Balaban J connectivity index is 1.41. The zero-order valence-corrected chi connectivity index (χ0v) is 16.5. The minimum Gasteiger partial charge on any atom is -0.383 e. The summed E-state index contributed by atoms with van der Waals surface area (Å²) in [6.45, 7) is 3.41. The quantitative estimate of drug-likeness (QED) is 0.709. The van der Waals surface area contributed by atoms with Crippen molar-refractivity contribution in [3.8, 4) is 11.3 Å². The molecule has 10 heteroatoms. The molecule has 0 saturated carbocycles. The molecule has 3 aromatic rings. The van der Waals surface area contributed by atoms with E-state index in [4.69, 9.17) is 5.73 Å². The molecule has 0 aromatic carbocycles. The van der Waals surface area contributed by atoms with E-state index in [9.17, 15) is 13.2 Å². The normalized spacial score (nSPS) is 21.6. The van der Waals surface area contributed by atoms with Gasteiger partial charge in [-0.25, -0.2) is 4.98 Å². The molecular formula is C20H22F3N7. The van der Waals surface area contributed by atoms with E-state index in [1.165, 1.54) is 6.20 Å². The van der Waals surface area contributed by atoms with E-state index < -0.39 is 17.6 Å². The van der Waals surface area contributed by atoms with Crippen molar-refractivity contribution in [2.24, 2.45) is 7.05 Å². The Morgan fingerprint density at radius 1 is 1.17 bits per heavy atom. The van der Waals surface area contributed by atoms with Crippen LogP contribution in [0.2, 0.25) is 0 Å². The van der Waals surface area contributed by atoms with Crippen LogP contribution in [0.5, 0.6) is 0 Å². The van der Waals surface area contributed by atoms with Crippen LogP contribution in [-0.4, -0.2) is 42.5 Å². The first-order valence-electron chi connectivity index (χ1n) is 9.86. The van der Waals surface area contributed by atoms with Crippen LogP contribution in [-0.2, 0) is 31.7 Å². The molecule has 5 heterocycles. The molecule has 0 amide bonds. The summed E-state index contributed by atoms with van der Waals surface area (Å²) in [7, 11) is 1.91. The Morgan fingerprint density at radius 2 is 1.97 bits per heavy atom. The van der Waals surface area contributed by atoms with E-state index in [1.807, 2.05) is 30.1 Å². The van der Waals surface area contributed by atoms with Gasteiger partial charge in [0.2, 0.25) is 0 Å². The van der Waals surface area contributed by atoms with Crippen molar-refractivity contribution in [3.63, 3.8) is 0 Å². The highest BCUT2D eigenvalue weighted by Crippen LogP contribution is 2.44. The van der Waals surface area contributed by atoms with Crippen LogP contribution in [0.25, 0.3) is 11.3 Å². The number of anilines is 1. The molecule has 1 atom stereocenters. The second-order valence-electron chi connectivity index (χ2n) is 8.26. The van der Waals surface area contributed by atoms with Crippen molar-refractivity contribution in [2.75, 3.05) is 18.8 Å². The highest BCUT2D eigenvalue weighted by Gasteiger charge is 2.45. The second-order valence-corrected chi connectivity index (χ2v) is 8.26. The molecule has 0 radical (unpaired) electrons. The molecule has 0 aliphatic carbocycles. The third-order valence-corrected chi connectivity index (χ3v) is 6.23. The number of nitrogen functional groups attached to an aromatic ring is 1. The predicted molar refractivity (Wildman–Crippen MR) is 104 cm³/mol. The summed E-state index contributed by atoms with van der Waals surface area (Å²) in [6, 6.07) is 4.98. The molecule has 1 saturated heterocycles. The molecule has 158 valence electrons. The largest absolute Gasteiger partial charge is 0.419 e. The summed E-state index contributed by atoms with van der Waals surface area (Å²) < 4.78 is 43.4. The molecule has 1 spiro atoms. The number of pyridine rings is 1. The number of fused-ring (bicyclic) bond motifs is 2. The Morgan fingerprint density at radius 3 is 2.70 bits per heavy atom. The van der Waals surface area contributed by atoms with Crippen LogP contribution in [0.1, 0.15) is 29.8 Å². The van der Waals surface area contributed by atoms with Crippen LogP contribution in [0, 0.1) is 0 Å². The van der Waals surface area contributed by atoms with Crippen molar-refractivity contribution in [3.05, 3.63) is 47.5 Å². The SMILES string of the molecule is Cn1ccc(CN2CC[C@@]3(CCn4nc(-c5cnc(N)c(C(F)(F)F)c5)cc43)C2)n1. The lowest BCUT2D eigenvalue weighted by molar-refractivity contribution is -0.137. The van der Waals surface area contributed by atoms with Gasteiger partial charge in [-0.15, -0.1) is 0 Å². The standard InChI is InChI=1S/C20H22F3N7/c1-28-5-2-14(26-28)11-29-6-3-19(12-29)4-7-30-17(19)9-16(27-30)13-8-15(20(21,22)23)18(24)25-10-13/h2,5,8-10H,3-4,6-7,11-12H2,1H3,(H2,24,25)/t19-/m1/s1. The number of likely N-dealkylation sites (tertiary alicyclic amines) is 1. The number of hydrogen-bond acceptors (Lipinski definition) is 5. The van der Waals surface area contributed by atoms with Gasteiger partial charge in [0.15, 0.2) is 0 Å². The second kappa shape index (κ2) is 6.56. The average molecular weight is 417 g/mol. The smallest absolute Gasteiger partial charge is 0.383 e. The molecule has 3 aromatic heterocycles. The van der Waals surface area contributed by atoms with Gasteiger partial charge in [-0.2, -0.15) is 23.4 Å². The highest BCUT2D eigenvalue weighted by atomic mass is 19.4. The molecule has 1 fully saturated rings. The van der Waals surface area contributed by atoms with Crippen molar-refractivity contribution < 1.29 is 13.2 Å². The Labute approximate surface area is 171 Å². The molecule has 2 aliphatic rings. The minimum atomic E-state index is -4.55. The minimum absolute atomic E-state index is 0.0197. The first-order valence-corrected chi connectivity index (χ1v) is 9.86. The van der Waals surface area contributed by atoms with Gasteiger partial charge in [0.1, 0.15) is 5.82 Å². The Bertz CT molecular complexity index is 1100. The van der Waals surface area contributed by atoms with Crippen LogP contribution in [0.15, 0.2) is 30.6 Å². The summed E-state index contributed by atoms with van der Waals surface area (Å²) in [5.74, 6) is -0.518. The van der Waals surface area contributed by atoms with Crippen LogP contribution in [0.4, 0.5) is 19.0 Å². The van der Waals surface area contributed by atoms with Gasteiger partial charge in [-0.3, -0.25) is 14.3 Å². The zero-order chi connectivity index (χ0) is 21.1. The van der Waals surface area contributed by atoms with Crippen molar-refractivity contribution in [2.45, 2.75) is 37.5 Å². The molecular weight excluding hydrogens is 395 g/mol. The lowest BCUT2D eigenvalue weighted by Gasteiger charge is -2.23. The van der Waals surface area contributed by atoms with Crippen molar-refractivity contribution >= 4 is 5.82 Å². The van der Waals surface area contributed by atoms with E-state index >= 15 is 0 Å². The number of halogens is 3. The lowest BCUT2D eigenvalue weighted by atomic mass is 9.82. The number of aromatic nitrogens is 5. The maximum Gasteiger partial charge on any atom is 0.419 e. The average Bonchev–Trinajstić information content (AvgIpc) is 3.43. The third kappa shape index (κ3) is 3.15. The first kappa shape index (κ1) is 19.1. The number of rotatable bonds is 3. The molecule has 7 nitrogen and oxygen atoms in total. The van der Waals surface area contributed by atoms with E-state index in [-0.39, 0.29) is 5.41 Å². The van der Waals surface area contributed by atoms with Crippen LogP contribution in [0.3, 0.4) is 0 Å². The van der Waals surface area contributed by atoms with E-state index in [1.54, 1.807) is 4.68 Å². The molecule has 5 rings (SSSR count). The molecule has 2 aliphatic heterocycles. The van der Waals surface area contributed by atoms with E-state index in [0.29, 0.717) is 11.3 Å². The van der Waals surface area contributed by atoms with Gasteiger partial charge < -0.3 is 5.73 Å². The molecule has 0 bridgehead atoms. The van der Waals surface area contributed by atoms with Crippen LogP contribution < -0.4 is 5.73 Å². The number of nitrogens with zero attached hydrogens (tertiary/aromatic N) is 6. The number of aryl methyl sites for hydroxylation is 2. The molecule has 0 unspecified atom stereocenters. The van der Waals surface area contributed by atoms with E-state index in [2.05, 4.69) is 20.1 Å². The van der Waals surface area contributed by atoms with Gasteiger partial charge >= 0.3 is 6.18 Å². The summed E-state index contributed by atoms with van der Waals surface area (Å²) in [5, 5.41) is 9.04. The predicted octanol–water partition coefficient (Wildman–Crippen LogP) is 2.83. The van der Waals surface area contributed by atoms with Gasteiger partial charge in [0.05, 0.1) is 17.0 Å². The Kier molecular flexibility index (Phi) is 4.18. The maximum absolute atomic E-state index is 13.2. The van der Waals surface area contributed by atoms with Crippen molar-refractivity contribution in [1.29, 1.82) is 0 Å². The third-order valence-electron chi connectivity index (χ3n) is 6.23. The Hall–Kier alpha value is -2.88. The maximum atomic E-state index is 13.2. The number of alkyl halides is 3. The molecule has 2 N–H and O–H groups in total. The topological polar surface area (TPSA) is 77.8 Å². The first-order chi connectivity index (χ1) is 14.2. The summed E-state index contributed by atoms with van der Waals surface area (Å²) >= 11 is 0. The van der Waals surface area contributed by atoms with Gasteiger partial charge in [0, 0.05) is 55.7 Å². The summed E-state index contributed by atoms with van der Waals surface area (Å²) in [4.78, 5) is 6.13. The molecule has 30 heavy (non-hydrogen) atoms. The highest BCUT2D eigenvalue weighted by molar-refractivity contribution is 5.63. The number of nitrogens with two attached hydrogens (primary N) is 1. The fraction of sp³-hybridized carbons (Fsp3) is 0.450. The number of hydrogen-bond donors (Lipinski definition) is 1. The summed E-state index contributed by atoms with van der Waals surface area (Å²) in [6.07, 6.45) is 0.736. The lowest BCUT2D eigenvalue weighted by Crippen LogP contribution is -2.29. The van der Waals surface area contributed by atoms with Gasteiger partial charge in [0.25, 0.3) is 0 Å². The van der Waals surface area contributed by atoms with Crippen molar-refractivity contribution in [1.82, 2.24) is 29.4 Å². The fourth-order valence-corrected chi connectivity index (χ4v) is 4.73. The monoisotopic (exact) mass is 417 g/mol. The zero-order valence-electron chi connectivity index (χ0n) is 16.5. The van der Waals surface area contributed by atoms with Crippen LogP contribution >= 0.6 is 0 Å². The van der Waals surface area contributed by atoms with Gasteiger partial charge in [-0.1, -0.05) is 0 Å². The summed E-state index contributed by atoms with van der Waals surface area (Å²) in [5.41, 5.74) is 7.45.